The lowest BCUT2D eigenvalue weighted by Crippen LogP contribution is -2.55. The first kappa shape index (κ1) is 11.0. The van der Waals surface area contributed by atoms with Crippen LogP contribution in [0.25, 0.3) is 0 Å². The molecule has 1 aromatic heterocycles. The summed E-state index contributed by atoms with van der Waals surface area (Å²) in [6, 6.07) is 1.55. The van der Waals surface area contributed by atoms with E-state index in [2.05, 4.69) is 26.3 Å². The third-order valence-corrected chi connectivity index (χ3v) is 3.62. The predicted molar refractivity (Wildman–Crippen MR) is 61.7 cm³/mol. The summed E-state index contributed by atoms with van der Waals surface area (Å²) < 4.78 is 14.3. The maximum Gasteiger partial charge on any atom is 0.173 e. The summed E-state index contributed by atoms with van der Waals surface area (Å²) in [5.74, 6) is -0.299. The number of hydrogen-bond donors (Lipinski definition) is 1. The second-order valence-electron chi connectivity index (χ2n) is 3.81. The summed E-state index contributed by atoms with van der Waals surface area (Å²) in [7, 11) is 1.91. The monoisotopic (exact) mass is 274 g/mol. The summed E-state index contributed by atoms with van der Waals surface area (Å²) in [5, 5.41) is 0. The Kier molecular flexibility index (Phi) is 3.04. The number of nitrogens with one attached hydrogen (secondary N) is 1. The molecular weight excluding hydrogens is 261 g/mol. The number of hydrogen-bond acceptors (Lipinski definition) is 2. The molecule has 0 aliphatic carbocycles. The van der Waals surface area contributed by atoms with Gasteiger partial charge < -0.3 is 0 Å². The van der Waals surface area contributed by atoms with Gasteiger partial charge in [0.05, 0.1) is 6.20 Å². The van der Waals surface area contributed by atoms with Crippen LogP contribution in [-0.2, 0) is 0 Å². The molecular formula is C10H14BrFN3+. The summed E-state index contributed by atoms with van der Waals surface area (Å²) in [4.78, 5) is 4.00. The van der Waals surface area contributed by atoms with E-state index in [-0.39, 0.29) is 10.4 Å². The van der Waals surface area contributed by atoms with Gasteiger partial charge in [-0.1, -0.05) is 0 Å². The van der Waals surface area contributed by atoms with Gasteiger partial charge >= 0.3 is 0 Å². The topological polar surface area (TPSA) is 24.9 Å². The zero-order valence-corrected chi connectivity index (χ0v) is 10.2. The van der Waals surface area contributed by atoms with Crippen LogP contribution in [0.5, 0.6) is 0 Å². The molecule has 0 spiro atoms. The number of pyridine rings is 1. The van der Waals surface area contributed by atoms with Gasteiger partial charge in [-0.3, -0.25) is 0 Å². The van der Waals surface area contributed by atoms with Gasteiger partial charge in [-0.2, -0.15) is 5.43 Å². The lowest BCUT2D eigenvalue weighted by Gasteiger charge is -2.31. The van der Waals surface area contributed by atoms with E-state index in [0.717, 1.165) is 18.8 Å². The largest absolute Gasteiger partial charge is 0.240 e. The minimum Gasteiger partial charge on any atom is -0.240 e. The van der Waals surface area contributed by atoms with Crippen molar-refractivity contribution in [2.24, 2.45) is 0 Å². The third kappa shape index (κ3) is 1.91. The molecule has 0 aromatic carbocycles. The third-order valence-electron chi connectivity index (χ3n) is 3.03. The SMILES string of the molecule is CN[N+]1(c2cnc(Br)c(F)c2)CCCC1. The molecule has 1 aliphatic heterocycles. The lowest BCUT2D eigenvalue weighted by atomic mass is 10.3. The molecule has 0 radical (unpaired) electrons. The van der Waals surface area contributed by atoms with Crippen LogP contribution in [0, 0.1) is 5.82 Å². The average molecular weight is 275 g/mol. The Morgan fingerprint density at radius 3 is 2.67 bits per heavy atom. The minimum atomic E-state index is -0.299. The van der Waals surface area contributed by atoms with Gasteiger partial charge in [-0.25, -0.2) is 14.0 Å². The van der Waals surface area contributed by atoms with E-state index in [1.807, 2.05) is 7.05 Å². The number of rotatable bonds is 2. The van der Waals surface area contributed by atoms with Crippen molar-refractivity contribution in [2.75, 3.05) is 20.1 Å². The van der Waals surface area contributed by atoms with Crippen molar-refractivity contribution in [3.05, 3.63) is 22.7 Å². The first-order chi connectivity index (χ1) is 7.18. The van der Waals surface area contributed by atoms with E-state index in [1.54, 1.807) is 12.3 Å². The molecule has 1 aliphatic rings. The van der Waals surface area contributed by atoms with Crippen LogP contribution < -0.4 is 10.0 Å². The van der Waals surface area contributed by atoms with Gasteiger partial charge in [0.25, 0.3) is 0 Å². The molecule has 0 atom stereocenters. The minimum absolute atomic E-state index is 0.277. The number of quaternary nitrogens is 1. The number of halogens is 2. The van der Waals surface area contributed by atoms with Crippen molar-refractivity contribution >= 4 is 21.6 Å². The maximum absolute atomic E-state index is 13.4. The lowest BCUT2D eigenvalue weighted by molar-refractivity contribution is 0.258. The van der Waals surface area contributed by atoms with E-state index >= 15 is 0 Å². The fraction of sp³-hybridized carbons (Fsp3) is 0.500. The van der Waals surface area contributed by atoms with E-state index < -0.39 is 0 Å². The summed E-state index contributed by atoms with van der Waals surface area (Å²) in [6.07, 6.45) is 4.06. The summed E-state index contributed by atoms with van der Waals surface area (Å²) >= 11 is 3.06. The van der Waals surface area contributed by atoms with Crippen LogP contribution in [0.4, 0.5) is 10.1 Å². The molecule has 3 nitrogen and oxygen atoms in total. The van der Waals surface area contributed by atoms with Gasteiger partial charge in [0.1, 0.15) is 17.7 Å². The van der Waals surface area contributed by atoms with Crippen LogP contribution >= 0.6 is 15.9 Å². The smallest absolute Gasteiger partial charge is 0.173 e. The van der Waals surface area contributed by atoms with Crippen molar-refractivity contribution in [3.8, 4) is 0 Å². The predicted octanol–water partition coefficient (Wildman–Crippen LogP) is 2.22. The highest BCUT2D eigenvalue weighted by Gasteiger charge is 2.34. The molecule has 0 saturated carbocycles. The van der Waals surface area contributed by atoms with Crippen LogP contribution in [0.2, 0.25) is 0 Å². The summed E-state index contributed by atoms with van der Waals surface area (Å²) in [5.41, 5.74) is 4.15. The molecule has 1 fully saturated rings. The molecule has 0 unspecified atom stereocenters. The quantitative estimate of drug-likeness (QED) is 0.661. The highest BCUT2D eigenvalue weighted by atomic mass is 79.9. The van der Waals surface area contributed by atoms with Gasteiger partial charge in [0, 0.05) is 26.0 Å². The Balaban J connectivity index is 2.38. The van der Waals surface area contributed by atoms with E-state index in [1.165, 1.54) is 12.8 Å². The molecule has 2 heterocycles. The molecule has 1 N–H and O–H groups in total. The molecule has 1 saturated heterocycles. The fourth-order valence-corrected chi connectivity index (χ4v) is 2.35. The Bertz CT molecular complexity index is 364. The van der Waals surface area contributed by atoms with Crippen molar-refractivity contribution in [1.82, 2.24) is 15.0 Å². The first-order valence-corrected chi connectivity index (χ1v) is 5.85. The molecule has 0 amide bonds. The Morgan fingerprint density at radius 2 is 2.13 bits per heavy atom. The van der Waals surface area contributed by atoms with Crippen molar-refractivity contribution in [3.63, 3.8) is 0 Å². The second kappa shape index (κ2) is 4.15. The highest BCUT2D eigenvalue weighted by molar-refractivity contribution is 9.10. The van der Waals surface area contributed by atoms with Gasteiger partial charge in [-0.15, -0.1) is 0 Å². The van der Waals surface area contributed by atoms with Crippen LogP contribution in [0.1, 0.15) is 12.8 Å². The maximum atomic E-state index is 13.4. The fourth-order valence-electron chi connectivity index (χ4n) is 2.13. The first-order valence-electron chi connectivity index (χ1n) is 5.06. The molecule has 1 aromatic rings. The molecule has 2 rings (SSSR count). The van der Waals surface area contributed by atoms with E-state index in [0.29, 0.717) is 4.59 Å². The number of aromatic nitrogens is 1. The highest BCUT2D eigenvalue weighted by Crippen LogP contribution is 2.28. The standard InChI is InChI=1S/C10H14BrFN3/c1-13-15(4-2-3-5-15)8-6-9(12)10(11)14-7-8/h6-7,13H,2-5H2,1H3/q+1. The number of nitrogens with zero attached hydrogens (tertiary/aromatic N) is 2. The van der Waals surface area contributed by atoms with Crippen LogP contribution in [0.15, 0.2) is 16.9 Å². The van der Waals surface area contributed by atoms with Crippen LogP contribution in [-0.4, -0.2) is 25.1 Å². The molecule has 15 heavy (non-hydrogen) atoms. The Hall–Kier alpha value is -0.520. The normalized spacial score (nSPS) is 19.4. The zero-order chi connectivity index (χ0) is 10.9. The molecule has 82 valence electrons. The average Bonchev–Trinajstić information content (AvgIpc) is 2.72. The summed E-state index contributed by atoms with van der Waals surface area (Å²) in [6.45, 7) is 2.00. The molecule has 5 heteroatoms. The van der Waals surface area contributed by atoms with Crippen molar-refractivity contribution in [2.45, 2.75) is 12.8 Å². The zero-order valence-electron chi connectivity index (χ0n) is 8.63. The van der Waals surface area contributed by atoms with E-state index in [4.69, 9.17) is 0 Å². The van der Waals surface area contributed by atoms with Gasteiger partial charge in [0.2, 0.25) is 0 Å². The van der Waals surface area contributed by atoms with Gasteiger partial charge in [0.15, 0.2) is 11.5 Å². The molecule has 0 bridgehead atoms. The Labute approximate surface area is 97.0 Å². The Morgan fingerprint density at radius 1 is 1.47 bits per heavy atom. The van der Waals surface area contributed by atoms with Crippen molar-refractivity contribution in [1.29, 1.82) is 0 Å². The van der Waals surface area contributed by atoms with Gasteiger partial charge in [-0.05, 0) is 15.9 Å². The van der Waals surface area contributed by atoms with E-state index in [9.17, 15) is 4.39 Å². The second-order valence-corrected chi connectivity index (χ2v) is 4.56. The van der Waals surface area contributed by atoms with Crippen LogP contribution in [0.3, 0.4) is 0 Å². The van der Waals surface area contributed by atoms with Crippen molar-refractivity contribution < 1.29 is 4.39 Å².